The summed E-state index contributed by atoms with van der Waals surface area (Å²) < 4.78 is 14.4. The van der Waals surface area contributed by atoms with Crippen LogP contribution in [0.25, 0.3) is 22.0 Å². The van der Waals surface area contributed by atoms with Crippen LogP contribution in [0.1, 0.15) is 5.56 Å². The maximum Gasteiger partial charge on any atom is 0.246 e. The van der Waals surface area contributed by atoms with Crippen LogP contribution in [0, 0.1) is 17.1 Å². The van der Waals surface area contributed by atoms with E-state index in [0.29, 0.717) is 53.9 Å². The second kappa shape index (κ2) is 8.25. The molecule has 1 fully saturated rings. The van der Waals surface area contributed by atoms with E-state index in [2.05, 4.69) is 17.6 Å². The van der Waals surface area contributed by atoms with Gasteiger partial charge in [0, 0.05) is 48.3 Å². The molecule has 2 heterocycles. The number of hydrogen-bond acceptors (Lipinski definition) is 5. The topological polar surface area (TPSA) is 80.5 Å². The molecule has 4 rings (SSSR count). The van der Waals surface area contributed by atoms with Crippen molar-refractivity contribution in [2.24, 2.45) is 0 Å². The number of hydrogen-bond donors (Lipinski definition) is 1. The van der Waals surface area contributed by atoms with Crippen LogP contribution in [0.5, 0.6) is 5.75 Å². The summed E-state index contributed by atoms with van der Waals surface area (Å²) >= 11 is 6.50. The van der Waals surface area contributed by atoms with Crippen LogP contribution in [-0.2, 0) is 4.79 Å². The summed E-state index contributed by atoms with van der Waals surface area (Å²) in [6.07, 6.45) is 2.76. The average Bonchev–Trinajstić information content (AvgIpc) is 2.78. The molecule has 1 aromatic heterocycles. The van der Waals surface area contributed by atoms with Gasteiger partial charge in [-0.15, -0.1) is 0 Å². The Balaban J connectivity index is 1.82. The Kier molecular flexibility index (Phi) is 5.49. The third-order valence-corrected chi connectivity index (χ3v) is 5.70. The number of anilines is 1. The van der Waals surface area contributed by atoms with Gasteiger partial charge < -0.3 is 14.9 Å². The predicted octanol–water partition coefficient (Wildman–Crippen LogP) is 4.11. The molecule has 1 amide bonds. The number of carbonyl (C=O) groups excluding carboxylic acids is 1. The van der Waals surface area contributed by atoms with E-state index < -0.39 is 5.82 Å². The predicted molar refractivity (Wildman–Crippen MR) is 118 cm³/mol. The fourth-order valence-corrected chi connectivity index (χ4v) is 4.13. The molecule has 0 saturated carbocycles. The smallest absolute Gasteiger partial charge is 0.246 e. The van der Waals surface area contributed by atoms with Crippen LogP contribution in [0.15, 0.2) is 49.2 Å². The van der Waals surface area contributed by atoms with Crippen LogP contribution >= 0.6 is 11.6 Å². The molecule has 1 aliphatic heterocycles. The second-order valence-corrected chi connectivity index (χ2v) is 7.54. The summed E-state index contributed by atoms with van der Waals surface area (Å²) in [4.78, 5) is 20.0. The highest BCUT2D eigenvalue weighted by Gasteiger charge is 2.24. The number of fused-ring (bicyclic) bond motifs is 1. The van der Waals surface area contributed by atoms with Crippen LogP contribution in [0.3, 0.4) is 0 Å². The largest absolute Gasteiger partial charge is 0.507 e. The number of nitrogens with zero attached hydrogens (tertiary/aromatic N) is 4. The van der Waals surface area contributed by atoms with E-state index in [-0.39, 0.29) is 22.2 Å². The van der Waals surface area contributed by atoms with Crippen LogP contribution in [-0.4, -0.2) is 47.1 Å². The highest BCUT2D eigenvalue weighted by molar-refractivity contribution is 6.34. The summed E-state index contributed by atoms with van der Waals surface area (Å²) in [5.41, 5.74) is 1.88. The summed E-state index contributed by atoms with van der Waals surface area (Å²) in [5.74, 6) is -0.951. The highest BCUT2D eigenvalue weighted by Crippen LogP contribution is 2.40. The summed E-state index contributed by atoms with van der Waals surface area (Å²) in [7, 11) is 0. The molecule has 1 saturated heterocycles. The number of halogens is 2. The maximum absolute atomic E-state index is 14.4. The van der Waals surface area contributed by atoms with Gasteiger partial charge in [0.15, 0.2) is 0 Å². The molecule has 3 aromatic rings. The molecule has 8 heteroatoms. The Bertz CT molecular complexity index is 1230. The minimum Gasteiger partial charge on any atom is -0.507 e. The fraction of sp³-hybridized carbons (Fsp3) is 0.174. The summed E-state index contributed by atoms with van der Waals surface area (Å²) in [5, 5.41) is 20.7. The van der Waals surface area contributed by atoms with Gasteiger partial charge in [-0.05, 0) is 30.3 Å². The molecule has 0 radical (unpaired) electrons. The average molecular weight is 437 g/mol. The van der Waals surface area contributed by atoms with Crippen molar-refractivity contribution in [1.29, 1.82) is 5.26 Å². The lowest BCUT2D eigenvalue weighted by molar-refractivity contribution is -0.126. The molecule has 31 heavy (non-hydrogen) atoms. The molecule has 6 nitrogen and oxygen atoms in total. The number of phenols is 1. The zero-order valence-electron chi connectivity index (χ0n) is 16.5. The summed E-state index contributed by atoms with van der Waals surface area (Å²) in [6, 6.07) is 9.47. The van der Waals surface area contributed by atoms with Crippen LogP contribution in [0.4, 0.5) is 10.1 Å². The Labute approximate surface area is 183 Å². The normalized spacial score (nSPS) is 13.8. The van der Waals surface area contributed by atoms with Crippen molar-refractivity contribution in [3.63, 3.8) is 0 Å². The first-order valence-electron chi connectivity index (χ1n) is 9.61. The molecular weight excluding hydrogens is 419 g/mol. The van der Waals surface area contributed by atoms with Crippen LogP contribution < -0.4 is 4.90 Å². The fourth-order valence-electron chi connectivity index (χ4n) is 3.87. The molecule has 0 bridgehead atoms. The molecule has 0 aliphatic carbocycles. The lowest BCUT2D eigenvalue weighted by Crippen LogP contribution is -2.48. The quantitative estimate of drug-likeness (QED) is 0.625. The molecule has 0 unspecified atom stereocenters. The molecule has 2 aromatic carbocycles. The summed E-state index contributed by atoms with van der Waals surface area (Å²) in [6.45, 7) is 5.57. The van der Waals surface area contributed by atoms with Gasteiger partial charge in [-0.2, -0.15) is 5.26 Å². The monoisotopic (exact) mass is 436 g/mol. The molecule has 0 spiro atoms. The number of rotatable bonds is 3. The lowest BCUT2D eigenvalue weighted by Gasteiger charge is -2.36. The Morgan fingerprint density at radius 1 is 1.29 bits per heavy atom. The molecular formula is C23H18ClFN4O2. The Hall–Kier alpha value is -3.63. The number of carbonyl (C=O) groups is 1. The first-order chi connectivity index (χ1) is 14.9. The van der Waals surface area contributed by atoms with E-state index in [0.717, 1.165) is 0 Å². The molecule has 0 atom stereocenters. The van der Waals surface area contributed by atoms with E-state index in [1.54, 1.807) is 17.0 Å². The van der Waals surface area contributed by atoms with Gasteiger partial charge in [-0.1, -0.05) is 24.2 Å². The first kappa shape index (κ1) is 20.6. The van der Waals surface area contributed by atoms with Crippen molar-refractivity contribution < 1.29 is 14.3 Å². The highest BCUT2D eigenvalue weighted by atomic mass is 35.5. The van der Waals surface area contributed by atoms with Gasteiger partial charge in [0.25, 0.3) is 0 Å². The van der Waals surface area contributed by atoms with E-state index in [4.69, 9.17) is 11.6 Å². The van der Waals surface area contributed by atoms with E-state index >= 15 is 0 Å². The Morgan fingerprint density at radius 3 is 2.68 bits per heavy atom. The molecule has 1 aliphatic rings. The number of pyridine rings is 1. The van der Waals surface area contributed by atoms with E-state index in [1.165, 1.54) is 30.5 Å². The third-order valence-electron chi connectivity index (χ3n) is 5.39. The van der Waals surface area contributed by atoms with Gasteiger partial charge in [0.05, 0.1) is 22.3 Å². The number of nitriles is 1. The van der Waals surface area contributed by atoms with Gasteiger partial charge in [-0.25, -0.2) is 4.39 Å². The lowest BCUT2D eigenvalue weighted by atomic mass is 10.00. The van der Waals surface area contributed by atoms with Crippen molar-refractivity contribution in [3.8, 4) is 22.9 Å². The zero-order valence-corrected chi connectivity index (χ0v) is 17.2. The third kappa shape index (κ3) is 3.66. The van der Waals surface area contributed by atoms with Gasteiger partial charge in [0.2, 0.25) is 5.91 Å². The number of piperazine rings is 1. The Morgan fingerprint density at radius 2 is 2.03 bits per heavy atom. The van der Waals surface area contributed by atoms with Crippen molar-refractivity contribution >= 4 is 34.1 Å². The number of aromatic hydroxyl groups is 1. The standard InChI is InChI=1S/C23H18ClFN4O2/c1-2-21(31)28-6-8-29(9-7-28)23-14(12-26)13-27-19-11-15(17(24)10-16(19)23)22-18(25)4-3-5-20(22)30/h2-5,10-11,13,30H,1,6-9H2. The van der Waals surface area contributed by atoms with Crippen molar-refractivity contribution in [3.05, 3.63) is 65.6 Å². The van der Waals surface area contributed by atoms with Crippen LogP contribution in [0.2, 0.25) is 5.02 Å². The first-order valence-corrected chi connectivity index (χ1v) is 9.99. The second-order valence-electron chi connectivity index (χ2n) is 7.13. The van der Waals surface area contributed by atoms with Crippen molar-refractivity contribution in [2.45, 2.75) is 0 Å². The minimum atomic E-state index is -0.599. The van der Waals surface area contributed by atoms with Crippen molar-refractivity contribution in [2.75, 3.05) is 31.1 Å². The number of aromatic nitrogens is 1. The minimum absolute atomic E-state index is 0.00124. The maximum atomic E-state index is 14.4. The van der Waals surface area contributed by atoms with Crippen molar-refractivity contribution in [1.82, 2.24) is 9.88 Å². The zero-order chi connectivity index (χ0) is 22.1. The number of benzene rings is 2. The number of amides is 1. The van der Waals surface area contributed by atoms with Gasteiger partial charge in [0.1, 0.15) is 17.6 Å². The number of phenolic OH excluding ortho intramolecular Hbond substituents is 1. The van der Waals surface area contributed by atoms with E-state index in [9.17, 15) is 19.6 Å². The van der Waals surface area contributed by atoms with Gasteiger partial charge in [-0.3, -0.25) is 9.78 Å². The molecule has 156 valence electrons. The SMILES string of the molecule is C=CC(=O)N1CCN(c2c(C#N)cnc3cc(-c4c(O)cccc4F)c(Cl)cc23)CC1. The van der Waals surface area contributed by atoms with E-state index in [1.807, 2.05) is 4.90 Å². The van der Waals surface area contributed by atoms with Gasteiger partial charge >= 0.3 is 0 Å². The molecule has 1 N–H and O–H groups in total.